The molecular formula is C20H21N5O5. The van der Waals surface area contributed by atoms with Crippen molar-refractivity contribution in [3.05, 3.63) is 68.5 Å². The Labute approximate surface area is 170 Å². The molecule has 2 amide bonds. The van der Waals surface area contributed by atoms with Crippen LogP contribution in [0.15, 0.2) is 46.0 Å². The van der Waals surface area contributed by atoms with Crippen molar-refractivity contribution >= 4 is 22.8 Å². The van der Waals surface area contributed by atoms with Crippen molar-refractivity contribution in [2.24, 2.45) is 14.1 Å². The molecule has 3 N–H and O–H groups in total. The molecule has 0 atom stereocenters. The third-order valence-electron chi connectivity index (χ3n) is 4.57. The van der Waals surface area contributed by atoms with E-state index >= 15 is 0 Å². The number of carbonyl (C=O) groups is 2. The number of amides is 2. The Kier molecular flexibility index (Phi) is 5.95. The van der Waals surface area contributed by atoms with Gasteiger partial charge in [-0.25, -0.2) is 9.78 Å². The van der Waals surface area contributed by atoms with Gasteiger partial charge in [-0.1, -0.05) is 6.07 Å². The summed E-state index contributed by atoms with van der Waals surface area (Å²) < 4.78 is 2.19. The van der Waals surface area contributed by atoms with Crippen LogP contribution < -0.4 is 21.9 Å². The second kappa shape index (κ2) is 8.60. The van der Waals surface area contributed by atoms with Gasteiger partial charge < -0.3 is 15.7 Å². The van der Waals surface area contributed by atoms with Crippen molar-refractivity contribution in [3.63, 3.8) is 0 Å². The van der Waals surface area contributed by atoms with Crippen molar-refractivity contribution in [3.8, 4) is 5.75 Å². The van der Waals surface area contributed by atoms with Gasteiger partial charge in [0.1, 0.15) is 17.1 Å². The second-order valence-electron chi connectivity index (χ2n) is 6.69. The lowest BCUT2D eigenvalue weighted by Crippen LogP contribution is -2.37. The minimum Gasteiger partial charge on any atom is -0.508 e. The number of phenolic OH excluding ortho intramolecular Hbond substituents is 1. The summed E-state index contributed by atoms with van der Waals surface area (Å²) in [7, 11) is 2.86. The van der Waals surface area contributed by atoms with Crippen molar-refractivity contribution < 1.29 is 14.7 Å². The zero-order valence-electron chi connectivity index (χ0n) is 16.5. The highest BCUT2D eigenvalue weighted by Crippen LogP contribution is 2.10. The van der Waals surface area contributed by atoms with E-state index in [9.17, 15) is 24.3 Å². The van der Waals surface area contributed by atoms with Gasteiger partial charge in [-0.15, -0.1) is 0 Å². The number of fused-ring (bicyclic) bond motifs is 1. The van der Waals surface area contributed by atoms with Gasteiger partial charge in [0.25, 0.3) is 17.4 Å². The van der Waals surface area contributed by atoms with Crippen molar-refractivity contribution in [1.82, 2.24) is 24.8 Å². The number of nitrogens with zero attached hydrogens (tertiary/aromatic N) is 3. The van der Waals surface area contributed by atoms with Crippen molar-refractivity contribution in [2.45, 2.75) is 6.42 Å². The van der Waals surface area contributed by atoms with E-state index in [0.29, 0.717) is 18.5 Å². The third kappa shape index (κ3) is 4.22. The molecule has 1 aromatic carbocycles. The number of phenols is 1. The van der Waals surface area contributed by atoms with Gasteiger partial charge >= 0.3 is 5.69 Å². The Hall–Kier alpha value is -3.95. The fourth-order valence-corrected chi connectivity index (χ4v) is 2.91. The maximum Gasteiger partial charge on any atom is 0.332 e. The summed E-state index contributed by atoms with van der Waals surface area (Å²) in [5.74, 6) is -0.770. The first-order valence-corrected chi connectivity index (χ1v) is 9.22. The molecule has 0 aliphatic rings. The van der Waals surface area contributed by atoms with E-state index in [4.69, 9.17) is 0 Å². The molecule has 0 saturated carbocycles. The quantitative estimate of drug-likeness (QED) is 0.484. The van der Waals surface area contributed by atoms with Gasteiger partial charge in [0.15, 0.2) is 0 Å². The van der Waals surface area contributed by atoms with Crippen LogP contribution in [-0.4, -0.2) is 44.1 Å². The first-order valence-electron chi connectivity index (χ1n) is 9.22. The number of carbonyl (C=O) groups excluding carboxylic acids is 2. The van der Waals surface area contributed by atoms with E-state index in [0.717, 1.165) is 4.57 Å². The fourth-order valence-electron chi connectivity index (χ4n) is 2.91. The largest absolute Gasteiger partial charge is 0.508 e. The van der Waals surface area contributed by atoms with E-state index in [1.807, 2.05) is 0 Å². The van der Waals surface area contributed by atoms with Gasteiger partial charge in [0.05, 0.1) is 5.39 Å². The maximum absolute atomic E-state index is 12.3. The highest BCUT2D eigenvalue weighted by Gasteiger charge is 2.13. The number of rotatable bonds is 6. The number of benzene rings is 1. The molecule has 0 radical (unpaired) electrons. The van der Waals surface area contributed by atoms with Gasteiger partial charge in [0, 0.05) is 32.7 Å². The molecule has 3 rings (SSSR count). The van der Waals surface area contributed by atoms with Crippen molar-refractivity contribution in [1.29, 1.82) is 0 Å². The van der Waals surface area contributed by atoms with Gasteiger partial charge in [0.2, 0.25) is 0 Å². The Morgan fingerprint density at radius 3 is 2.40 bits per heavy atom. The van der Waals surface area contributed by atoms with Crippen LogP contribution in [0.4, 0.5) is 0 Å². The molecule has 0 saturated heterocycles. The standard InChI is InChI=1S/C20H21N5O5/c1-24-16-14(19(29)25(2)20(24)30)7-8-15(23-16)18(28)22-10-4-9-21-17(27)12-5-3-6-13(26)11-12/h3,5-8,11,26H,4,9-10H2,1-2H3,(H,21,27)(H,22,28). The lowest BCUT2D eigenvalue weighted by atomic mass is 10.2. The van der Waals surface area contributed by atoms with Crippen LogP contribution in [0.1, 0.15) is 27.3 Å². The molecule has 30 heavy (non-hydrogen) atoms. The molecule has 0 bridgehead atoms. The smallest absolute Gasteiger partial charge is 0.332 e. The van der Waals surface area contributed by atoms with E-state index in [1.54, 1.807) is 12.1 Å². The van der Waals surface area contributed by atoms with Gasteiger partial charge in [-0.05, 0) is 36.8 Å². The summed E-state index contributed by atoms with van der Waals surface area (Å²) in [6, 6.07) is 8.89. The van der Waals surface area contributed by atoms with Crippen LogP contribution in [0.2, 0.25) is 0 Å². The fraction of sp³-hybridized carbons (Fsp3) is 0.250. The lowest BCUT2D eigenvalue weighted by Gasteiger charge is -2.09. The number of pyridine rings is 1. The molecule has 2 heterocycles. The van der Waals surface area contributed by atoms with Crippen LogP contribution in [0.3, 0.4) is 0 Å². The molecular weight excluding hydrogens is 390 g/mol. The molecule has 0 aliphatic heterocycles. The monoisotopic (exact) mass is 411 g/mol. The lowest BCUT2D eigenvalue weighted by molar-refractivity contribution is 0.0948. The maximum atomic E-state index is 12.3. The molecule has 2 aromatic heterocycles. The number of hydrogen-bond donors (Lipinski definition) is 3. The predicted octanol–water partition coefficient (Wildman–Crippen LogP) is -0.112. The van der Waals surface area contributed by atoms with Crippen LogP contribution in [0.5, 0.6) is 5.75 Å². The van der Waals surface area contributed by atoms with E-state index in [-0.39, 0.29) is 34.9 Å². The van der Waals surface area contributed by atoms with Crippen LogP contribution in [-0.2, 0) is 14.1 Å². The minimum absolute atomic E-state index is 0.00755. The number of aromatic nitrogens is 3. The Balaban J connectivity index is 1.57. The summed E-state index contributed by atoms with van der Waals surface area (Å²) >= 11 is 0. The molecule has 3 aromatic rings. The van der Waals surface area contributed by atoms with Crippen LogP contribution in [0, 0.1) is 0 Å². The molecule has 0 spiro atoms. The SMILES string of the molecule is Cn1c(=O)c2ccc(C(=O)NCCCNC(=O)c3cccc(O)c3)nc2n(C)c1=O. The number of aryl methyl sites for hydroxylation is 1. The second-order valence-corrected chi connectivity index (χ2v) is 6.69. The average Bonchev–Trinajstić information content (AvgIpc) is 2.75. The van der Waals surface area contributed by atoms with E-state index in [2.05, 4.69) is 15.6 Å². The number of hydrogen-bond acceptors (Lipinski definition) is 6. The molecule has 10 heteroatoms. The normalized spacial score (nSPS) is 10.7. The summed E-state index contributed by atoms with van der Waals surface area (Å²) in [4.78, 5) is 52.7. The van der Waals surface area contributed by atoms with E-state index in [1.165, 1.54) is 42.9 Å². The van der Waals surface area contributed by atoms with Crippen molar-refractivity contribution in [2.75, 3.05) is 13.1 Å². The first-order chi connectivity index (χ1) is 14.3. The summed E-state index contributed by atoms with van der Waals surface area (Å²) in [5.41, 5.74) is -0.449. The average molecular weight is 411 g/mol. The van der Waals surface area contributed by atoms with Gasteiger partial charge in [-0.2, -0.15) is 0 Å². The Morgan fingerprint density at radius 1 is 1.00 bits per heavy atom. The number of nitrogens with one attached hydrogen (secondary N) is 2. The highest BCUT2D eigenvalue weighted by molar-refractivity contribution is 5.95. The summed E-state index contributed by atoms with van der Waals surface area (Å²) in [6.45, 7) is 0.610. The highest BCUT2D eigenvalue weighted by atomic mass is 16.3. The minimum atomic E-state index is -0.528. The Morgan fingerprint density at radius 2 is 1.70 bits per heavy atom. The molecule has 0 unspecified atom stereocenters. The first kappa shape index (κ1) is 20.8. The van der Waals surface area contributed by atoms with Crippen LogP contribution in [0.25, 0.3) is 11.0 Å². The predicted molar refractivity (Wildman–Crippen MR) is 110 cm³/mol. The molecule has 0 aliphatic carbocycles. The van der Waals surface area contributed by atoms with Gasteiger partial charge in [-0.3, -0.25) is 23.5 Å². The third-order valence-corrected chi connectivity index (χ3v) is 4.57. The zero-order chi connectivity index (χ0) is 21.8. The summed E-state index contributed by atoms with van der Waals surface area (Å²) in [5, 5.41) is 15.0. The Bertz CT molecular complexity index is 1240. The molecule has 156 valence electrons. The van der Waals surface area contributed by atoms with E-state index < -0.39 is 17.2 Å². The number of aromatic hydroxyl groups is 1. The molecule has 0 fully saturated rings. The molecule has 10 nitrogen and oxygen atoms in total. The summed E-state index contributed by atoms with van der Waals surface area (Å²) in [6.07, 6.45) is 0.475. The zero-order valence-corrected chi connectivity index (χ0v) is 16.5. The topological polar surface area (TPSA) is 135 Å². The van der Waals surface area contributed by atoms with Crippen LogP contribution >= 0.6 is 0 Å².